The van der Waals surface area contributed by atoms with Crippen molar-refractivity contribution in [2.24, 2.45) is 0 Å². The zero-order valence-electron chi connectivity index (χ0n) is 11.8. The number of carbonyl (C=O) groups is 2. The molecular formula is C13H16Br2N2O4. The highest BCUT2D eigenvalue weighted by Crippen LogP contribution is 2.34. The Morgan fingerprint density at radius 3 is 2.48 bits per heavy atom. The van der Waals surface area contributed by atoms with E-state index in [-0.39, 0.29) is 0 Å². The van der Waals surface area contributed by atoms with Crippen molar-refractivity contribution in [1.82, 2.24) is 4.90 Å². The Labute approximate surface area is 139 Å². The fourth-order valence-corrected chi connectivity index (χ4v) is 3.00. The molecule has 8 heteroatoms. The monoisotopic (exact) mass is 422 g/mol. The van der Waals surface area contributed by atoms with Crippen LogP contribution in [0.5, 0.6) is 5.75 Å². The molecule has 1 aromatic rings. The number of carboxylic acids is 1. The first kappa shape index (κ1) is 17.8. The van der Waals surface area contributed by atoms with Crippen LogP contribution in [0.15, 0.2) is 21.1 Å². The van der Waals surface area contributed by atoms with Crippen molar-refractivity contribution in [2.45, 2.75) is 19.4 Å². The average Bonchev–Trinajstić information content (AvgIpc) is 2.41. The molecule has 21 heavy (non-hydrogen) atoms. The topological polar surface area (TPSA) is 78.9 Å². The molecule has 1 unspecified atom stereocenters. The van der Waals surface area contributed by atoms with E-state index in [4.69, 9.17) is 9.84 Å². The van der Waals surface area contributed by atoms with E-state index in [1.54, 1.807) is 19.1 Å². The summed E-state index contributed by atoms with van der Waals surface area (Å²) in [5.74, 6) is -0.482. The smallest absolute Gasteiger partial charge is 0.326 e. The van der Waals surface area contributed by atoms with Gasteiger partial charge in [0.25, 0.3) is 0 Å². The molecule has 0 fully saturated rings. The number of hydrogen-bond acceptors (Lipinski definition) is 3. The van der Waals surface area contributed by atoms with E-state index in [9.17, 15) is 9.59 Å². The molecule has 0 spiro atoms. The minimum Gasteiger partial charge on any atom is -0.495 e. The first-order chi connectivity index (χ1) is 9.81. The lowest BCUT2D eigenvalue weighted by Gasteiger charge is -2.24. The van der Waals surface area contributed by atoms with Crippen LogP contribution in [0.4, 0.5) is 10.5 Å². The van der Waals surface area contributed by atoms with Gasteiger partial charge in [0.1, 0.15) is 11.8 Å². The minimum atomic E-state index is -1.04. The van der Waals surface area contributed by atoms with Crippen LogP contribution in [-0.4, -0.2) is 42.2 Å². The number of anilines is 1. The molecule has 1 aromatic carbocycles. The van der Waals surface area contributed by atoms with Gasteiger partial charge in [-0.05, 0) is 44.3 Å². The van der Waals surface area contributed by atoms with Crippen LogP contribution in [0.25, 0.3) is 0 Å². The second-order valence-corrected chi connectivity index (χ2v) is 5.98. The summed E-state index contributed by atoms with van der Waals surface area (Å²) in [6.45, 7) is 1.71. The quantitative estimate of drug-likeness (QED) is 0.758. The van der Waals surface area contributed by atoms with Crippen molar-refractivity contribution in [2.75, 3.05) is 19.5 Å². The summed E-state index contributed by atoms with van der Waals surface area (Å²) in [6, 6.07) is 2.00. The fraction of sp³-hybridized carbons (Fsp3) is 0.385. The molecule has 2 N–H and O–H groups in total. The number of likely N-dealkylation sites (N-methyl/N-ethyl adjacent to an activating group) is 1. The maximum Gasteiger partial charge on any atom is 0.326 e. The molecule has 0 bridgehead atoms. The SMILES string of the molecule is CCC(C(=O)O)N(C)C(=O)Nc1cc(OC)c(Br)cc1Br. The number of nitrogens with one attached hydrogen (secondary N) is 1. The van der Waals surface area contributed by atoms with Gasteiger partial charge < -0.3 is 20.1 Å². The van der Waals surface area contributed by atoms with E-state index < -0.39 is 18.0 Å². The van der Waals surface area contributed by atoms with Gasteiger partial charge in [-0.1, -0.05) is 6.92 Å². The van der Waals surface area contributed by atoms with Crippen molar-refractivity contribution < 1.29 is 19.4 Å². The highest BCUT2D eigenvalue weighted by Gasteiger charge is 2.25. The normalized spacial score (nSPS) is 11.7. The minimum absolute atomic E-state index is 0.323. The molecule has 0 saturated heterocycles. The van der Waals surface area contributed by atoms with Gasteiger partial charge in [-0.3, -0.25) is 0 Å². The lowest BCUT2D eigenvalue weighted by Crippen LogP contribution is -2.44. The third-order valence-electron chi connectivity index (χ3n) is 2.94. The van der Waals surface area contributed by atoms with Crippen LogP contribution in [-0.2, 0) is 4.79 Å². The number of carbonyl (C=O) groups excluding carboxylic acids is 1. The second kappa shape index (κ2) is 7.65. The predicted octanol–water partition coefficient (Wildman–Crippen LogP) is 3.55. The molecule has 0 aromatic heterocycles. The fourth-order valence-electron chi connectivity index (χ4n) is 1.74. The highest BCUT2D eigenvalue weighted by molar-refractivity contribution is 9.11. The lowest BCUT2D eigenvalue weighted by molar-refractivity contribution is -0.141. The summed E-state index contributed by atoms with van der Waals surface area (Å²) in [4.78, 5) is 24.4. The first-order valence-electron chi connectivity index (χ1n) is 6.11. The zero-order chi connectivity index (χ0) is 16.2. The Morgan fingerprint density at radius 1 is 1.38 bits per heavy atom. The Morgan fingerprint density at radius 2 is 2.00 bits per heavy atom. The number of hydrogen-bond donors (Lipinski definition) is 2. The number of benzene rings is 1. The standard InChI is InChI=1S/C13H16Br2N2O4/c1-4-10(12(18)19)17(2)13(20)16-9-6-11(21-3)8(15)5-7(9)14/h5-6,10H,4H2,1-3H3,(H,16,20)(H,18,19). The van der Waals surface area contributed by atoms with Crippen LogP contribution in [0, 0.1) is 0 Å². The molecule has 6 nitrogen and oxygen atoms in total. The van der Waals surface area contributed by atoms with Gasteiger partial charge in [0.15, 0.2) is 0 Å². The van der Waals surface area contributed by atoms with Gasteiger partial charge in [-0.15, -0.1) is 0 Å². The van der Waals surface area contributed by atoms with Crippen LogP contribution >= 0.6 is 31.9 Å². The average molecular weight is 424 g/mol. The molecule has 0 saturated carbocycles. The summed E-state index contributed by atoms with van der Waals surface area (Å²) >= 11 is 6.67. The maximum atomic E-state index is 12.1. The molecule has 0 aliphatic heterocycles. The summed E-state index contributed by atoms with van der Waals surface area (Å²) in [5, 5.41) is 11.7. The number of rotatable bonds is 5. The molecule has 2 amide bonds. The summed E-state index contributed by atoms with van der Waals surface area (Å²) in [7, 11) is 2.96. The Hall–Kier alpha value is -1.28. The molecule has 0 radical (unpaired) electrons. The van der Waals surface area contributed by atoms with Crippen LogP contribution in [0.3, 0.4) is 0 Å². The van der Waals surface area contributed by atoms with Crippen LogP contribution in [0.2, 0.25) is 0 Å². The summed E-state index contributed by atoms with van der Waals surface area (Å²) < 4.78 is 6.55. The number of urea groups is 1. The summed E-state index contributed by atoms with van der Waals surface area (Å²) in [6.07, 6.45) is 0.323. The predicted molar refractivity (Wildman–Crippen MR) is 86.9 cm³/mol. The van der Waals surface area contributed by atoms with Gasteiger partial charge in [0.2, 0.25) is 0 Å². The molecule has 116 valence electrons. The Bertz CT molecular complexity index is 551. The first-order valence-corrected chi connectivity index (χ1v) is 7.70. The Kier molecular flexibility index (Phi) is 6.47. The van der Waals surface area contributed by atoms with Crippen LogP contribution < -0.4 is 10.1 Å². The Balaban J connectivity index is 2.95. The van der Waals surface area contributed by atoms with Gasteiger partial charge in [-0.2, -0.15) is 0 Å². The summed E-state index contributed by atoms with van der Waals surface area (Å²) in [5.41, 5.74) is 0.493. The van der Waals surface area contributed by atoms with E-state index >= 15 is 0 Å². The van der Waals surface area contributed by atoms with E-state index in [1.807, 2.05) is 0 Å². The van der Waals surface area contributed by atoms with Crippen molar-refractivity contribution in [3.63, 3.8) is 0 Å². The molecule has 0 heterocycles. The molecule has 0 aliphatic carbocycles. The lowest BCUT2D eigenvalue weighted by atomic mass is 10.2. The molecular weight excluding hydrogens is 408 g/mol. The van der Waals surface area contributed by atoms with E-state index in [0.717, 1.165) is 9.37 Å². The van der Waals surface area contributed by atoms with E-state index in [2.05, 4.69) is 37.2 Å². The number of carboxylic acid groups (broad SMARTS) is 1. The van der Waals surface area contributed by atoms with E-state index in [0.29, 0.717) is 22.3 Å². The number of nitrogens with zero attached hydrogens (tertiary/aromatic N) is 1. The molecule has 1 rings (SSSR count). The second-order valence-electron chi connectivity index (χ2n) is 4.27. The van der Waals surface area contributed by atoms with E-state index in [1.165, 1.54) is 14.2 Å². The van der Waals surface area contributed by atoms with Crippen LogP contribution in [0.1, 0.15) is 13.3 Å². The molecule has 0 aliphatic rings. The number of amides is 2. The highest BCUT2D eigenvalue weighted by atomic mass is 79.9. The third kappa shape index (κ3) is 4.34. The van der Waals surface area contributed by atoms with Gasteiger partial charge in [-0.25, -0.2) is 9.59 Å². The number of aliphatic carboxylic acids is 1. The van der Waals surface area contributed by atoms with Gasteiger partial charge in [0.05, 0.1) is 17.3 Å². The van der Waals surface area contributed by atoms with Gasteiger partial charge in [0, 0.05) is 17.6 Å². The number of methoxy groups -OCH3 is 1. The number of ether oxygens (including phenoxy) is 1. The van der Waals surface area contributed by atoms with Crippen molar-refractivity contribution in [3.05, 3.63) is 21.1 Å². The zero-order valence-corrected chi connectivity index (χ0v) is 15.0. The van der Waals surface area contributed by atoms with Crippen molar-refractivity contribution >= 4 is 49.5 Å². The van der Waals surface area contributed by atoms with Crippen molar-refractivity contribution in [3.8, 4) is 5.75 Å². The van der Waals surface area contributed by atoms with Gasteiger partial charge >= 0.3 is 12.0 Å². The van der Waals surface area contributed by atoms with Crippen molar-refractivity contribution in [1.29, 1.82) is 0 Å². The molecule has 1 atom stereocenters. The maximum absolute atomic E-state index is 12.1. The third-order valence-corrected chi connectivity index (χ3v) is 4.22. The number of halogens is 2. The largest absolute Gasteiger partial charge is 0.495 e.